The maximum absolute atomic E-state index is 13.4. The summed E-state index contributed by atoms with van der Waals surface area (Å²) in [5, 5.41) is 21.1. The minimum Gasteiger partial charge on any atom is -0.508 e. The fourth-order valence-corrected chi connectivity index (χ4v) is 4.31. The van der Waals surface area contributed by atoms with Crippen molar-refractivity contribution < 1.29 is 29.3 Å². The first-order valence-corrected chi connectivity index (χ1v) is 12.0. The molecule has 1 unspecified atom stereocenters. The van der Waals surface area contributed by atoms with Crippen LogP contribution in [0.5, 0.6) is 17.2 Å². The Hall–Kier alpha value is -4.26. The van der Waals surface area contributed by atoms with Crippen molar-refractivity contribution in [2.24, 2.45) is 0 Å². The summed E-state index contributed by atoms with van der Waals surface area (Å²) in [6, 6.07) is 17.6. The predicted molar refractivity (Wildman–Crippen MR) is 137 cm³/mol. The molecule has 3 aromatic rings. The van der Waals surface area contributed by atoms with Crippen molar-refractivity contribution in [2.45, 2.75) is 33.2 Å². The van der Waals surface area contributed by atoms with Gasteiger partial charge < -0.3 is 19.7 Å². The Morgan fingerprint density at radius 3 is 2.11 bits per heavy atom. The second kappa shape index (κ2) is 10.6. The van der Waals surface area contributed by atoms with Gasteiger partial charge in [0.25, 0.3) is 11.7 Å². The number of amides is 1. The Morgan fingerprint density at radius 2 is 1.50 bits per heavy atom. The van der Waals surface area contributed by atoms with Crippen molar-refractivity contribution in [3.63, 3.8) is 0 Å². The van der Waals surface area contributed by atoms with Gasteiger partial charge in [-0.25, -0.2) is 0 Å². The van der Waals surface area contributed by atoms with Crippen molar-refractivity contribution in [3.8, 4) is 17.2 Å². The number of carbonyl (C=O) groups excluding carboxylic acids is 2. The lowest BCUT2D eigenvalue weighted by atomic mass is 9.94. The maximum Gasteiger partial charge on any atom is 0.300 e. The smallest absolute Gasteiger partial charge is 0.300 e. The molecule has 1 fully saturated rings. The number of nitrogens with zero attached hydrogens (tertiary/aromatic N) is 1. The maximum atomic E-state index is 13.4. The molecule has 0 bridgehead atoms. The zero-order valence-electron chi connectivity index (χ0n) is 20.5. The number of aliphatic hydroxyl groups is 1. The minimum absolute atomic E-state index is 0.0261. The van der Waals surface area contributed by atoms with E-state index in [9.17, 15) is 19.8 Å². The summed E-state index contributed by atoms with van der Waals surface area (Å²) >= 11 is 0. The van der Waals surface area contributed by atoms with Crippen LogP contribution in [0.3, 0.4) is 0 Å². The number of anilines is 1. The summed E-state index contributed by atoms with van der Waals surface area (Å²) in [6.07, 6.45) is 0.832. The zero-order chi connectivity index (χ0) is 25.8. The number of phenols is 1. The first kappa shape index (κ1) is 24.9. The molecule has 1 aliphatic rings. The van der Waals surface area contributed by atoms with E-state index < -0.39 is 17.7 Å². The summed E-state index contributed by atoms with van der Waals surface area (Å²) in [4.78, 5) is 28.1. The van der Waals surface area contributed by atoms with Crippen LogP contribution in [-0.4, -0.2) is 35.1 Å². The Balaban J connectivity index is 1.90. The number of ether oxygens (including phenoxy) is 2. The van der Waals surface area contributed by atoms with E-state index in [1.54, 1.807) is 42.5 Å². The van der Waals surface area contributed by atoms with Gasteiger partial charge in [0.2, 0.25) is 0 Å². The molecular formula is C29H29NO6. The third-order valence-corrected chi connectivity index (χ3v) is 6.09. The van der Waals surface area contributed by atoms with Crippen molar-refractivity contribution in [3.05, 3.63) is 89.0 Å². The molecular weight excluding hydrogens is 458 g/mol. The number of rotatable bonds is 8. The molecule has 1 heterocycles. The van der Waals surface area contributed by atoms with Crippen LogP contribution in [0.15, 0.2) is 72.3 Å². The molecule has 0 spiro atoms. The van der Waals surface area contributed by atoms with E-state index in [1.807, 2.05) is 32.9 Å². The van der Waals surface area contributed by atoms with Crippen LogP contribution >= 0.6 is 0 Å². The molecule has 3 aromatic carbocycles. The Kier molecular flexibility index (Phi) is 7.29. The lowest BCUT2D eigenvalue weighted by Crippen LogP contribution is -2.29. The number of carbonyl (C=O) groups is 2. The Labute approximate surface area is 210 Å². The van der Waals surface area contributed by atoms with Gasteiger partial charge in [-0.1, -0.05) is 43.3 Å². The number of ketones is 1. The predicted octanol–water partition coefficient (Wildman–Crippen LogP) is 5.38. The van der Waals surface area contributed by atoms with Gasteiger partial charge >= 0.3 is 0 Å². The molecule has 0 radical (unpaired) electrons. The van der Waals surface area contributed by atoms with E-state index in [4.69, 9.17) is 9.47 Å². The van der Waals surface area contributed by atoms with Crippen molar-refractivity contribution >= 4 is 23.1 Å². The second-order valence-electron chi connectivity index (χ2n) is 8.31. The summed E-state index contributed by atoms with van der Waals surface area (Å²) < 4.78 is 11.4. The molecule has 186 valence electrons. The van der Waals surface area contributed by atoms with Gasteiger partial charge in [-0.15, -0.1) is 0 Å². The number of hydrogen-bond donors (Lipinski definition) is 2. The van der Waals surface area contributed by atoms with E-state index in [-0.39, 0.29) is 17.1 Å². The van der Waals surface area contributed by atoms with Gasteiger partial charge in [-0.05, 0) is 55.7 Å². The normalized spacial score (nSPS) is 16.9. The van der Waals surface area contributed by atoms with Crippen LogP contribution in [0.2, 0.25) is 0 Å². The van der Waals surface area contributed by atoms with Crippen LogP contribution in [0, 0.1) is 0 Å². The van der Waals surface area contributed by atoms with Crippen LogP contribution in [0.25, 0.3) is 5.76 Å². The quantitative estimate of drug-likeness (QED) is 0.252. The zero-order valence-corrected chi connectivity index (χ0v) is 20.5. The van der Waals surface area contributed by atoms with Crippen molar-refractivity contribution in [1.82, 2.24) is 0 Å². The summed E-state index contributed by atoms with van der Waals surface area (Å²) in [6.45, 7) is 6.55. The fourth-order valence-electron chi connectivity index (χ4n) is 4.31. The van der Waals surface area contributed by atoms with Gasteiger partial charge in [-0.3, -0.25) is 14.5 Å². The second-order valence-corrected chi connectivity index (χ2v) is 8.31. The minimum atomic E-state index is -0.913. The average molecular weight is 488 g/mol. The number of aliphatic hydroxyl groups excluding tert-OH is 1. The van der Waals surface area contributed by atoms with E-state index in [0.29, 0.717) is 41.5 Å². The van der Waals surface area contributed by atoms with Gasteiger partial charge in [0, 0.05) is 17.3 Å². The molecule has 36 heavy (non-hydrogen) atoms. The van der Waals surface area contributed by atoms with Crippen molar-refractivity contribution in [1.29, 1.82) is 0 Å². The highest BCUT2D eigenvalue weighted by Gasteiger charge is 2.47. The van der Waals surface area contributed by atoms with E-state index in [1.165, 1.54) is 17.0 Å². The summed E-state index contributed by atoms with van der Waals surface area (Å²) in [5.41, 5.74) is 2.48. The molecule has 2 N–H and O–H groups in total. The molecule has 1 atom stereocenters. The molecule has 1 saturated heterocycles. The third kappa shape index (κ3) is 4.64. The van der Waals surface area contributed by atoms with E-state index in [2.05, 4.69) is 0 Å². The van der Waals surface area contributed by atoms with Crippen LogP contribution in [-0.2, 0) is 16.0 Å². The molecule has 7 heteroatoms. The van der Waals surface area contributed by atoms with Gasteiger partial charge in [0.15, 0.2) is 11.5 Å². The summed E-state index contributed by atoms with van der Waals surface area (Å²) in [7, 11) is 0. The number of aryl methyl sites for hydroxylation is 1. The topological polar surface area (TPSA) is 96.3 Å². The van der Waals surface area contributed by atoms with Crippen LogP contribution in [0.4, 0.5) is 5.69 Å². The van der Waals surface area contributed by atoms with Gasteiger partial charge in [0.1, 0.15) is 11.5 Å². The standard InChI is InChI=1S/C29H29NO6/c1-4-18-7-9-20(10-8-18)27(32)25-26(19-11-14-22(31)15-12-19)30(29(34)28(25)33)21-13-16-23(35-5-2)24(17-21)36-6-3/h7-17,26,31-32H,4-6H2,1-3H3/b27-25+. The van der Waals surface area contributed by atoms with Crippen LogP contribution < -0.4 is 14.4 Å². The largest absolute Gasteiger partial charge is 0.508 e. The highest BCUT2D eigenvalue weighted by Crippen LogP contribution is 2.44. The number of phenolic OH excluding ortho intramolecular Hbond substituents is 1. The van der Waals surface area contributed by atoms with E-state index in [0.717, 1.165) is 12.0 Å². The van der Waals surface area contributed by atoms with E-state index >= 15 is 0 Å². The Bertz CT molecular complexity index is 1290. The first-order valence-electron chi connectivity index (χ1n) is 12.0. The van der Waals surface area contributed by atoms with Crippen molar-refractivity contribution in [2.75, 3.05) is 18.1 Å². The number of Topliss-reactive ketones (excluding diaryl/α,β-unsaturated/α-hetero) is 1. The Morgan fingerprint density at radius 1 is 0.861 bits per heavy atom. The monoisotopic (exact) mass is 487 g/mol. The van der Waals surface area contributed by atoms with Gasteiger partial charge in [-0.2, -0.15) is 0 Å². The molecule has 0 saturated carbocycles. The molecule has 0 aromatic heterocycles. The molecule has 4 rings (SSSR count). The molecule has 0 aliphatic carbocycles. The molecule has 1 amide bonds. The highest BCUT2D eigenvalue weighted by molar-refractivity contribution is 6.51. The molecule has 7 nitrogen and oxygen atoms in total. The molecule has 1 aliphatic heterocycles. The first-order chi connectivity index (χ1) is 17.4. The number of hydrogen-bond acceptors (Lipinski definition) is 6. The lowest BCUT2D eigenvalue weighted by molar-refractivity contribution is -0.132. The number of benzene rings is 3. The average Bonchev–Trinajstić information content (AvgIpc) is 3.15. The highest BCUT2D eigenvalue weighted by atomic mass is 16.5. The fraction of sp³-hybridized carbons (Fsp3) is 0.241. The summed E-state index contributed by atoms with van der Waals surface area (Å²) in [5.74, 6) is -0.809. The third-order valence-electron chi connectivity index (χ3n) is 6.09. The van der Waals surface area contributed by atoms with Gasteiger partial charge in [0.05, 0.1) is 24.8 Å². The SMILES string of the molecule is CCOc1ccc(N2C(=O)C(=O)/C(=C(/O)c3ccc(CC)cc3)C2c2ccc(O)cc2)cc1OCC. The number of aromatic hydroxyl groups is 1. The van der Waals surface area contributed by atoms with Crippen LogP contribution in [0.1, 0.15) is 43.5 Å². The lowest BCUT2D eigenvalue weighted by Gasteiger charge is -2.26.